The topological polar surface area (TPSA) is 13.1 Å². The van der Waals surface area contributed by atoms with E-state index >= 15 is 0 Å². The van der Waals surface area contributed by atoms with Gasteiger partial charge < -0.3 is 4.42 Å². The molecule has 1 nitrogen and oxygen atoms in total. The van der Waals surface area contributed by atoms with E-state index < -0.39 is 0 Å². The molecule has 1 aromatic heterocycles. The monoisotopic (exact) mass is 180 g/mol. The zero-order valence-corrected chi connectivity index (χ0v) is 8.75. The van der Waals surface area contributed by atoms with Crippen LogP contribution in [-0.2, 0) is 0 Å². The molecule has 0 aromatic carbocycles. The van der Waals surface area contributed by atoms with E-state index in [1.807, 2.05) is 6.07 Å². The van der Waals surface area contributed by atoms with Gasteiger partial charge in [-0.05, 0) is 25.0 Å². The lowest BCUT2D eigenvalue weighted by Crippen LogP contribution is -1.96. The smallest absolute Gasteiger partial charge is 0.106 e. The Labute approximate surface area is 81.1 Å². The van der Waals surface area contributed by atoms with Gasteiger partial charge in [-0.25, -0.2) is 0 Å². The van der Waals surface area contributed by atoms with Crippen molar-refractivity contribution in [1.29, 1.82) is 0 Å². The van der Waals surface area contributed by atoms with E-state index in [1.54, 1.807) is 6.26 Å². The molecule has 0 spiro atoms. The van der Waals surface area contributed by atoms with Gasteiger partial charge in [0.25, 0.3) is 0 Å². The summed E-state index contributed by atoms with van der Waals surface area (Å²) in [4.78, 5) is 0. The molecule has 0 fully saturated rings. The van der Waals surface area contributed by atoms with Crippen molar-refractivity contribution in [2.24, 2.45) is 0 Å². The molecule has 1 unspecified atom stereocenters. The van der Waals surface area contributed by atoms with Crippen LogP contribution in [0.5, 0.6) is 0 Å². The number of furan rings is 1. The first-order valence-corrected chi connectivity index (χ1v) is 5.41. The maximum Gasteiger partial charge on any atom is 0.106 e. The van der Waals surface area contributed by atoms with E-state index in [0.717, 1.165) is 0 Å². The summed E-state index contributed by atoms with van der Waals surface area (Å²) in [6.07, 6.45) is 8.15. The number of hydrogen-bond acceptors (Lipinski definition) is 1. The highest BCUT2D eigenvalue weighted by Crippen LogP contribution is 2.26. The molecule has 0 aliphatic carbocycles. The van der Waals surface area contributed by atoms with Crippen molar-refractivity contribution in [3.05, 3.63) is 24.2 Å². The average Bonchev–Trinajstić information content (AvgIpc) is 2.65. The standard InChI is InChI=1S/C12H20O/c1-3-5-8-11(7-4-2)12-9-6-10-13-12/h6,9-11H,3-5,7-8H2,1-2H3. The number of rotatable bonds is 6. The predicted octanol–water partition coefficient (Wildman–Crippen LogP) is 4.35. The van der Waals surface area contributed by atoms with Crippen LogP contribution >= 0.6 is 0 Å². The number of hydrogen-bond donors (Lipinski definition) is 0. The van der Waals surface area contributed by atoms with Gasteiger partial charge >= 0.3 is 0 Å². The van der Waals surface area contributed by atoms with Gasteiger partial charge in [0.15, 0.2) is 0 Å². The van der Waals surface area contributed by atoms with Crippen molar-refractivity contribution < 1.29 is 4.42 Å². The molecule has 0 radical (unpaired) electrons. The van der Waals surface area contributed by atoms with Gasteiger partial charge in [0.2, 0.25) is 0 Å². The molecule has 1 atom stereocenters. The Morgan fingerprint density at radius 3 is 2.62 bits per heavy atom. The summed E-state index contributed by atoms with van der Waals surface area (Å²) in [5.41, 5.74) is 0. The molecule has 0 N–H and O–H groups in total. The van der Waals surface area contributed by atoms with Crippen LogP contribution in [0.25, 0.3) is 0 Å². The molecule has 0 bridgehead atoms. The Morgan fingerprint density at radius 2 is 2.08 bits per heavy atom. The molecule has 0 saturated carbocycles. The fourth-order valence-electron chi connectivity index (χ4n) is 1.75. The van der Waals surface area contributed by atoms with Gasteiger partial charge in [0.05, 0.1) is 6.26 Å². The molecular formula is C12H20O. The summed E-state index contributed by atoms with van der Waals surface area (Å²) in [6, 6.07) is 4.10. The maximum absolute atomic E-state index is 5.45. The molecule has 0 saturated heterocycles. The molecule has 13 heavy (non-hydrogen) atoms. The van der Waals surface area contributed by atoms with Crippen molar-refractivity contribution >= 4 is 0 Å². The Hall–Kier alpha value is -0.720. The highest BCUT2D eigenvalue weighted by molar-refractivity contribution is 5.04. The van der Waals surface area contributed by atoms with E-state index in [2.05, 4.69) is 19.9 Å². The summed E-state index contributed by atoms with van der Waals surface area (Å²) < 4.78 is 5.45. The van der Waals surface area contributed by atoms with Crippen LogP contribution in [0.1, 0.15) is 57.6 Å². The van der Waals surface area contributed by atoms with Crippen LogP contribution in [0.2, 0.25) is 0 Å². The van der Waals surface area contributed by atoms with Gasteiger partial charge in [0, 0.05) is 5.92 Å². The molecule has 0 amide bonds. The first-order chi connectivity index (χ1) is 6.38. The van der Waals surface area contributed by atoms with Crippen LogP contribution in [-0.4, -0.2) is 0 Å². The SMILES string of the molecule is CCCCC(CCC)c1ccco1. The second-order valence-electron chi connectivity index (χ2n) is 3.64. The van der Waals surface area contributed by atoms with Gasteiger partial charge in [-0.2, -0.15) is 0 Å². The Bertz CT molecular complexity index is 201. The second kappa shape index (κ2) is 5.85. The highest BCUT2D eigenvalue weighted by atomic mass is 16.3. The van der Waals surface area contributed by atoms with Crippen LogP contribution < -0.4 is 0 Å². The first-order valence-electron chi connectivity index (χ1n) is 5.41. The van der Waals surface area contributed by atoms with Gasteiger partial charge in [-0.1, -0.05) is 33.1 Å². The second-order valence-corrected chi connectivity index (χ2v) is 3.64. The molecule has 1 aromatic rings. The van der Waals surface area contributed by atoms with E-state index in [-0.39, 0.29) is 0 Å². The molecule has 1 heteroatoms. The van der Waals surface area contributed by atoms with E-state index in [4.69, 9.17) is 4.42 Å². The Kier molecular flexibility index (Phi) is 4.66. The molecular weight excluding hydrogens is 160 g/mol. The fourth-order valence-corrected chi connectivity index (χ4v) is 1.75. The summed E-state index contributed by atoms with van der Waals surface area (Å²) in [5, 5.41) is 0. The van der Waals surface area contributed by atoms with Crippen LogP contribution in [0.15, 0.2) is 22.8 Å². The zero-order valence-electron chi connectivity index (χ0n) is 8.75. The first kappa shape index (κ1) is 10.4. The van der Waals surface area contributed by atoms with Crippen molar-refractivity contribution in [2.75, 3.05) is 0 Å². The van der Waals surface area contributed by atoms with E-state index in [9.17, 15) is 0 Å². The molecule has 0 aliphatic heterocycles. The maximum atomic E-state index is 5.45. The normalized spacial score (nSPS) is 13.1. The van der Waals surface area contributed by atoms with Crippen LogP contribution in [0.4, 0.5) is 0 Å². The minimum Gasteiger partial charge on any atom is -0.469 e. The van der Waals surface area contributed by atoms with Crippen LogP contribution in [0.3, 0.4) is 0 Å². The molecule has 1 heterocycles. The van der Waals surface area contributed by atoms with Gasteiger partial charge in [-0.15, -0.1) is 0 Å². The third-order valence-electron chi connectivity index (χ3n) is 2.49. The van der Waals surface area contributed by atoms with Crippen LogP contribution in [0, 0.1) is 0 Å². The Balaban J connectivity index is 2.47. The Morgan fingerprint density at radius 1 is 1.23 bits per heavy atom. The summed E-state index contributed by atoms with van der Waals surface area (Å²) in [7, 11) is 0. The van der Waals surface area contributed by atoms with Gasteiger partial charge in [0.1, 0.15) is 5.76 Å². The van der Waals surface area contributed by atoms with E-state index in [0.29, 0.717) is 5.92 Å². The quantitative estimate of drug-likeness (QED) is 0.634. The van der Waals surface area contributed by atoms with Crippen molar-refractivity contribution in [2.45, 2.75) is 51.9 Å². The minimum atomic E-state index is 0.653. The van der Waals surface area contributed by atoms with Gasteiger partial charge in [-0.3, -0.25) is 0 Å². The van der Waals surface area contributed by atoms with Crippen molar-refractivity contribution in [3.63, 3.8) is 0 Å². The lowest BCUT2D eigenvalue weighted by atomic mass is 9.95. The average molecular weight is 180 g/mol. The fraction of sp³-hybridized carbons (Fsp3) is 0.667. The minimum absolute atomic E-state index is 0.653. The molecule has 74 valence electrons. The lowest BCUT2D eigenvalue weighted by molar-refractivity contribution is 0.420. The van der Waals surface area contributed by atoms with Crippen molar-refractivity contribution in [1.82, 2.24) is 0 Å². The molecule has 1 rings (SSSR count). The third kappa shape index (κ3) is 3.25. The van der Waals surface area contributed by atoms with Crippen molar-refractivity contribution in [3.8, 4) is 0 Å². The summed E-state index contributed by atoms with van der Waals surface area (Å²) in [6.45, 7) is 4.48. The zero-order chi connectivity index (χ0) is 9.52. The number of unbranched alkanes of at least 4 members (excludes halogenated alkanes) is 1. The van der Waals surface area contributed by atoms with E-state index in [1.165, 1.54) is 37.9 Å². The third-order valence-corrected chi connectivity index (χ3v) is 2.49. The summed E-state index contributed by atoms with van der Waals surface area (Å²) >= 11 is 0. The molecule has 0 aliphatic rings. The largest absolute Gasteiger partial charge is 0.469 e. The lowest BCUT2D eigenvalue weighted by Gasteiger charge is -2.12. The summed E-state index contributed by atoms with van der Waals surface area (Å²) in [5.74, 6) is 1.83. The highest BCUT2D eigenvalue weighted by Gasteiger charge is 2.11. The predicted molar refractivity (Wildman–Crippen MR) is 55.9 cm³/mol.